The predicted octanol–water partition coefficient (Wildman–Crippen LogP) is 2.97. The van der Waals surface area contributed by atoms with Crippen molar-refractivity contribution >= 4 is 23.1 Å². The summed E-state index contributed by atoms with van der Waals surface area (Å²) in [5, 5.41) is 10.0. The lowest BCUT2D eigenvalue weighted by Gasteiger charge is -2.34. The molecule has 3 heterocycles. The number of nitrogens with one attached hydrogen (secondary N) is 2. The SMILES string of the molecule is Cc1nc2ccc(NC(=O)N[C@H]3CCCN(c4ccccc4F)C3)cn2n1. The van der Waals surface area contributed by atoms with E-state index in [2.05, 4.69) is 20.7 Å². The molecule has 27 heavy (non-hydrogen) atoms. The van der Waals surface area contributed by atoms with E-state index in [1.165, 1.54) is 6.07 Å². The summed E-state index contributed by atoms with van der Waals surface area (Å²) in [6.07, 6.45) is 3.48. The Morgan fingerprint density at radius 3 is 2.96 bits per heavy atom. The number of carbonyl (C=O) groups is 1. The van der Waals surface area contributed by atoms with Crippen LogP contribution in [0.15, 0.2) is 42.6 Å². The molecule has 8 heteroatoms. The molecule has 2 amide bonds. The van der Waals surface area contributed by atoms with Gasteiger partial charge in [0.2, 0.25) is 0 Å². The number of anilines is 2. The number of halogens is 1. The van der Waals surface area contributed by atoms with Gasteiger partial charge in [0.25, 0.3) is 0 Å². The first-order valence-electron chi connectivity index (χ1n) is 8.98. The normalized spacial score (nSPS) is 17.1. The molecule has 1 aromatic carbocycles. The van der Waals surface area contributed by atoms with E-state index in [1.807, 2.05) is 17.9 Å². The van der Waals surface area contributed by atoms with E-state index in [-0.39, 0.29) is 17.9 Å². The molecular formula is C19H21FN6O. The van der Waals surface area contributed by atoms with Crippen LogP contribution in [0.3, 0.4) is 0 Å². The van der Waals surface area contributed by atoms with Crippen molar-refractivity contribution in [1.29, 1.82) is 0 Å². The van der Waals surface area contributed by atoms with Gasteiger partial charge in [0, 0.05) is 19.1 Å². The van der Waals surface area contributed by atoms with Crippen molar-refractivity contribution in [2.75, 3.05) is 23.3 Å². The van der Waals surface area contributed by atoms with Crippen molar-refractivity contribution in [3.63, 3.8) is 0 Å². The summed E-state index contributed by atoms with van der Waals surface area (Å²) in [6, 6.07) is 9.99. The Bertz CT molecular complexity index is 972. The van der Waals surface area contributed by atoms with Crippen LogP contribution in [0.2, 0.25) is 0 Å². The maximum absolute atomic E-state index is 14.0. The predicted molar refractivity (Wildman–Crippen MR) is 102 cm³/mol. The molecule has 140 valence electrons. The first kappa shape index (κ1) is 17.3. The number of aromatic nitrogens is 3. The number of hydrogen-bond donors (Lipinski definition) is 2. The van der Waals surface area contributed by atoms with Crippen LogP contribution < -0.4 is 15.5 Å². The molecule has 2 aromatic heterocycles. The van der Waals surface area contributed by atoms with Crippen molar-refractivity contribution in [3.05, 3.63) is 54.2 Å². The fraction of sp³-hybridized carbons (Fsp3) is 0.316. The van der Waals surface area contributed by atoms with Gasteiger partial charge in [-0.3, -0.25) is 0 Å². The fourth-order valence-corrected chi connectivity index (χ4v) is 3.44. The molecule has 7 nitrogen and oxygen atoms in total. The highest BCUT2D eigenvalue weighted by molar-refractivity contribution is 5.89. The molecule has 1 fully saturated rings. The van der Waals surface area contributed by atoms with Crippen LogP contribution >= 0.6 is 0 Å². The first-order chi connectivity index (χ1) is 13.1. The average molecular weight is 368 g/mol. The number of benzene rings is 1. The topological polar surface area (TPSA) is 74.6 Å². The molecule has 0 aliphatic carbocycles. The number of nitrogens with zero attached hydrogens (tertiary/aromatic N) is 4. The summed E-state index contributed by atoms with van der Waals surface area (Å²) in [6.45, 7) is 3.18. The van der Waals surface area contributed by atoms with E-state index in [4.69, 9.17) is 0 Å². The van der Waals surface area contributed by atoms with Gasteiger partial charge in [-0.05, 0) is 44.0 Å². The lowest BCUT2D eigenvalue weighted by atomic mass is 10.0. The van der Waals surface area contributed by atoms with Crippen LogP contribution in [-0.4, -0.2) is 39.8 Å². The second kappa shape index (κ2) is 7.22. The van der Waals surface area contributed by atoms with Crippen molar-refractivity contribution in [2.24, 2.45) is 0 Å². The zero-order valence-electron chi connectivity index (χ0n) is 15.0. The van der Waals surface area contributed by atoms with Gasteiger partial charge in [-0.1, -0.05) is 12.1 Å². The third kappa shape index (κ3) is 3.84. The maximum Gasteiger partial charge on any atom is 0.319 e. The van der Waals surface area contributed by atoms with Crippen LogP contribution in [0.5, 0.6) is 0 Å². The molecule has 0 saturated carbocycles. The molecule has 0 bridgehead atoms. The summed E-state index contributed by atoms with van der Waals surface area (Å²) in [5.74, 6) is 0.436. The fourth-order valence-electron chi connectivity index (χ4n) is 3.44. The standard InChI is InChI=1S/C19H21FN6O/c1-13-21-18-9-8-15(12-26(18)24-13)23-19(27)22-14-5-4-10-25(11-14)17-7-3-2-6-16(17)20/h2-3,6-9,12,14H,4-5,10-11H2,1H3,(H2,22,23,27)/t14-/m0/s1. The molecule has 0 unspecified atom stereocenters. The highest BCUT2D eigenvalue weighted by Gasteiger charge is 2.23. The smallest absolute Gasteiger partial charge is 0.319 e. The lowest BCUT2D eigenvalue weighted by molar-refractivity contribution is 0.246. The summed E-state index contributed by atoms with van der Waals surface area (Å²) in [7, 11) is 0. The summed E-state index contributed by atoms with van der Waals surface area (Å²) in [5.41, 5.74) is 1.94. The highest BCUT2D eigenvalue weighted by Crippen LogP contribution is 2.23. The Labute approximate surface area is 156 Å². The molecule has 4 rings (SSSR count). The second-order valence-corrected chi connectivity index (χ2v) is 6.71. The number of urea groups is 1. The van der Waals surface area contributed by atoms with E-state index < -0.39 is 0 Å². The Hall–Kier alpha value is -3.16. The van der Waals surface area contributed by atoms with Crippen LogP contribution in [0, 0.1) is 12.7 Å². The van der Waals surface area contributed by atoms with E-state index >= 15 is 0 Å². The van der Waals surface area contributed by atoms with Gasteiger partial charge in [0.15, 0.2) is 5.65 Å². The minimum absolute atomic E-state index is 0.0456. The first-order valence-corrected chi connectivity index (χ1v) is 8.98. The van der Waals surface area contributed by atoms with Gasteiger partial charge in [-0.15, -0.1) is 0 Å². The molecule has 2 N–H and O–H groups in total. The van der Waals surface area contributed by atoms with Gasteiger partial charge in [-0.2, -0.15) is 5.10 Å². The van der Waals surface area contributed by atoms with Crippen molar-refractivity contribution < 1.29 is 9.18 Å². The number of hydrogen-bond acceptors (Lipinski definition) is 4. The van der Waals surface area contributed by atoms with E-state index in [9.17, 15) is 9.18 Å². The third-order valence-corrected chi connectivity index (χ3v) is 4.64. The quantitative estimate of drug-likeness (QED) is 0.745. The van der Waals surface area contributed by atoms with Gasteiger partial charge in [0.05, 0.1) is 17.6 Å². The number of para-hydroxylation sites is 1. The third-order valence-electron chi connectivity index (χ3n) is 4.64. The number of fused-ring (bicyclic) bond motifs is 1. The Morgan fingerprint density at radius 1 is 1.26 bits per heavy atom. The maximum atomic E-state index is 14.0. The van der Waals surface area contributed by atoms with Crippen LogP contribution in [0.1, 0.15) is 18.7 Å². The number of piperidine rings is 1. The molecule has 0 spiro atoms. The minimum atomic E-state index is -0.286. The molecule has 1 saturated heterocycles. The molecule has 1 aliphatic heterocycles. The van der Waals surface area contributed by atoms with Crippen molar-refractivity contribution in [2.45, 2.75) is 25.8 Å². The monoisotopic (exact) mass is 368 g/mol. The van der Waals surface area contributed by atoms with Crippen molar-refractivity contribution in [1.82, 2.24) is 19.9 Å². The Morgan fingerprint density at radius 2 is 2.11 bits per heavy atom. The molecular weight excluding hydrogens is 347 g/mol. The molecule has 1 aliphatic rings. The number of rotatable bonds is 3. The summed E-state index contributed by atoms with van der Waals surface area (Å²) >= 11 is 0. The molecule has 0 radical (unpaired) electrons. The average Bonchev–Trinajstić information content (AvgIpc) is 3.01. The molecule has 3 aromatic rings. The lowest BCUT2D eigenvalue weighted by Crippen LogP contribution is -2.49. The van der Waals surface area contributed by atoms with Gasteiger partial charge < -0.3 is 15.5 Å². The highest BCUT2D eigenvalue weighted by atomic mass is 19.1. The van der Waals surface area contributed by atoms with E-state index in [1.54, 1.807) is 35.0 Å². The zero-order valence-corrected chi connectivity index (χ0v) is 15.0. The second-order valence-electron chi connectivity index (χ2n) is 6.71. The van der Waals surface area contributed by atoms with Gasteiger partial charge in [0.1, 0.15) is 11.6 Å². The van der Waals surface area contributed by atoms with Gasteiger partial charge >= 0.3 is 6.03 Å². The van der Waals surface area contributed by atoms with E-state index in [0.29, 0.717) is 23.7 Å². The zero-order chi connectivity index (χ0) is 18.8. The van der Waals surface area contributed by atoms with Crippen LogP contribution in [0.25, 0.3) is 5.65 Å². The Kier molecular flexibility index (Phi) is 4.62. The Balaban J connectivity index is 1.39. The summed E-state index contributed by atoms with van der Waals surface area (Å²) < 4.78 is 15.7. The number of pyridine rings is 1. The largest absolute Gasteiger partial charge is 0.367 e. The number of carbonyl (C=O) groups excluding carboxylic acids is 1. The number of amides is 2. The minimum Gasteiger partial charge on any atom is -0.367 e. The van der Waals surface area contributed by atoms with Crippen LogP contribution in [0.4, 0.5) is 20.6 Å². The number of aryl methyl sites for hydroxylation is 1. The van der Waals surface area contributed by atoms with E-state index in [0.717, 1.165) is 25.0 Å². The van der Waals surface area contributed by atoms with Gasteiger partial charge in [-0.25, -0.2) is 18.7 Å². The van der Waals surface area contributed by atoms with Crippen molar-refractivity contribution in [3.8, 4) is 0 Å². The molecule has 1 atom stereocenters. The summed E-state index contributed by atoms with van der Waals surface area (Å²) in [4.78, 5) is 18.6. The van der Waals surface area contributed by atoms with Crippen LogP contribution in [-0.2, 0) is 0 Å².